The average Bonchev–Trinajstić information content (AvgIpc) is 3.34. The summed E-state index contributed by atoms with van der Waals surface area (Å²) in [5.41, 5.74) is 4.57. The number of aromatic nitrogens is 1. The standard InChI is InChI=1S/C22H17N3O3S/c1-13-2-8-17-20(10-13)29-21(25-17)14-3-5-15(6-4-14)23-22(26)24-16-7-9-18-19(11-16)28-12-27-18/h2-11H,12H2,1H3,(H2,23,24,26). The van der Waals surface area contributed by atoms with Gasteiger partial charge < -0.3 is 20.1 Å². The first-order valence-electron chi connectivity index (χ1n) is 9.09. The second-order valence-electron chi connectivity index (χ2n) is 6.71. The minimum Gasteiger partial charge on any atom is -0.454 e. The SMILES string of the molecule is Cc1ccc2nc(-c3ccc(NC(=O)Nc4ccc5c(c4)OCO5)cc3)sc2c1. The highest BCUT2D eigenvalue weighted by atomic mass is 32.1. The van der Waals surface area contributed by atoms with Crippen LogP contribution in [-0.4, -0.2) is 17.8 Å². The smallest absolute Gasteiger partial charge is 0.323 e. The fraction of sp³-hybridized carbons (Fsp3) is 0.0909. The third-order valence-electron chi connectivity index (χ3n) is 4.56. The van der Waals surface area contributed by atoms with Gasteiger partial charge in [-0.15, -0.1) is 11.3 Å². The minimum absolute atomic E-state index is 0.200. The molecule has 1 aliphatic rings. The van der Waals surface area contributed by atoms with Gasteiger partial charge in [0, 0.05) is 23.0 Å². The number of rotatable bonds is 3. The Morgan fingerprint density at radius 1 is 0.931 bits per heavy atom. The van der Waals surface area contributed by atoms with Crippen LogP contribution in [0.1, 0.15) is 5.56 Å². The maximum absolute atomic E-state index is 12.3. The number of carbonyl (C=O) groups is 1. The molecular weight excluding hydrogens is 386 g/mol. The Morgan fingerprint density at radius 3 is 2.55 bits per heavy atom. The second-order valence-corrected chi connectivity index (χ2v) is 7.75. The predicted molar refractivity (Wildman–Crippen MR) is 115 cm³/mol. The highest BCUT2D eigenvalue weighted by Gasteiger charge is 2.14. The van der Waals surface area contributed by atoms with Gasteiger partial charge in [-0.25, -0.2) is 9.78 Å². The zero-order chi connectivity index (χ0) is 19.8. The van der Waals surface area contributed by atoms with Crippen LogP contribution in [0.25, 0.3) is 20.8 Å². The number of carbonyl (C=O) groups excluding carboxylic acids is 1. The van der Waals surface area contributed by atoms with E-state index in [-0.39, 0.29) is 12.8 Å². The lowest BCUT2D eigenvalue weighted by atomic mass is 10.2. The monoisotopic (exact) mass is 403 g/mol. The van der Waals surface area contributed by atoms with Gasteiger partial charge >= 0.3 is 6.03 Å². The molecule has 2 amide bonds. The van der Waals surface area contributed by atoms with Gasteiger partial charge in [0.2, 0.25) is 6.79 Å². The van der Waals surface area contributed by atoms with Crippen LogP contribution in [0.15, 0.2) is 60.7 Å². The van der Waals surface area contributed by atoms with Crippen molar-refractivity contribution in [3.05, 3.63) is 66.2 Å². The molecule has 0 saturated heterocycles. The molecule has 0 atom stereocenters. The lowest BCUT2D eigenvalue weighted by Gasteiger charge is -2.08. The van der Waals surface area contributed by atoms with Gasteiger partial charge in [0.05, 0.1) is 10.2 Å². The maximum atomic E-state index is 12.3. The number of benzene rings is 3. The summed E-state index contributed by atoms with van der Waals surface area (Å²) in [5, 5.41) is 6.59. The molecule has 5 rings (SSSR count). The molecule has 0 aliphatic carbocycles. The Bertz CT molecular complexity index is 1220. The first-order chi connectivity index (χ1) is 14.1. The number of hydrogen-bond donors (Lipinski definition) is 2. The van der Waals surface area contributed by atoms with E-state index in [1.54, 1.807) is 29.5 Å². The van der Waals surface area contributed by atoms with Gasteiger partial charge in [0.1, 0.15) is 5.01 Å². The van der Waals surface area contributed by atoms with Crippen LogP contribution in [0.2, 0.25) is 0 Å². The van der Waals surface area contributed by atoms with E-state index in [1.807, 2.05) is 30.3 Å². The van der Waals surface area contributed by atoms with Gasteiger partial charge in [0.15, 0.2) is 11.5 Å². The molecule has 0 unspecified atom stereocenters. The highest BCUT2D eigenvalue weighted by Crippen LogP contribution is 2.34. The van der Waals surface area contributed by atoms with Crippen molar-refractivity contribution in [3.63, 3.8) is 0 Å². The van der Waals surface area contributed by atoms with Gasteiger partial charge in [-0.3, -0.25) is 0 Å². The summed E-state index contributed by atoms with van der Waals surface area (Å²) in [6.07, 6.45) is 0. The Kier molecular flexibility index (Phi) is 4.29. The first-order valence-corrected chi connectivity index (χ1v) is 9.91. The average molecular weight is 403 g/mol. The molecule has 0 fully saturated rings. The molecule has 2 N–H and O–H groups in total. The van der Waals surface area contributed by atoms with E-state index in [4.69, 9.17) is 14.5 Å². The largest absolute Gasteiger partial charge is 0.454 e. The van der Waals surface area contributed by atoms with Gasteiger partial charge in [-0.2, -0.15) is 0 Å². The number of urea groups is 1. The molecule has 1 aliphatic heterocycles. The Balaban J connectivity index is 1.27. The molecule has 144 valence electrons. The summed E-state index contributed by atoms with van der Waals surface area (Å²) >= 11 is 1.66. The molecule has 7 heteroatoms. The third kappa shape index (κ3) is 3.60. The van der Waals surface area contributed by atoms with Crippen LogP contribution in [0.5, 0.6) is 11.5 Å². The van der Waals surface area contributed by atoms with Crippen molar-refractivity contribution < 1.29 is 14.3 Å². The normalized spacial score (nSPS) is 12.2. The number of aryl methyl sites for hydroxylation is 1. The maximum Gasteiger partial charge on any atom is 0.323 e. The van der Waals surface area contributed by atoms with Crippen molar-refractivity contribution in [1.29, 1.82) is 0 Å². The number of anilines is 2. The zero-order valence-corrected chi connectivity index (χ0v) is 16.4. The van der Waals surface area contributed by atoms with Crippen molar-refractivity contribution in [2.75, 3.05) is 17.4 Å². The van der Waals surface area contributed by atoms with Crippen molar-refractivity contribution in [1.82, 2.24) is 4.98 Å². The van der Waals surface area contributed by atoms with Gasteiger partial charge in [0.25, 0.3) is 0 Å². The number of nitrogens with zero attached hydrogens (tertiary/aromatic N) is 1. The lowest BCUT2D eigenvalue weighted by molar-refractivity contribution is 0.174. The third-order valence-corrected chi connectivity index (χ3v) is 5.63. The number of ether oxygens (including phenoxy) is 2. The van der Waals surface area contributed by atoms with E-state index in [0.29, 0.717) is 22.9 Å². The van der Waals surface area contributed by atoms with Crippen molar-refractivity contribution in [2.45, 2.75) is 6.92 Å². The number of hydrogen-bond acceptors (Lipinski definition) is 5. The van der Waals surface area contributed by atoms with Crippen molar-refractivity contribution >= 4 is 39.0 Å². The molecule has 0 saturated carbocycles. The Labute approximate surface area is 171 Å². The second kappa shape index (κ2) is 7.10. The number of thiazole rings is 1. The van der Waals surface area contributed by atoms with Crippen LogP contribution in [0.4, 0.5) is 16.2 Å². The molecule has 2 heterocycles. The van der Waals surface area contributed by atoms with Crippen LogP contribution < -0.4 is 20.1 Å². The Hall–Kier alpha value is -3.58. The van der Waals surface area contributed by atoms with E-state index in [2.05, 4.69) is 29.7 Å². The van der Waals surface area contributed by atoms with E-state index >= 15 is 0 Å². The minimum atomic E-state index is -0.327. The van der Waals surface area contributed by atoms with Crippen molar-refractivity contribution in [2.24, 2.45) is 0 Å². The molecular formula is C22H17N3O3S. The van der Waals surface area contributed by atoms with E-state index in [9.17, 15) is 4.79 Å². The summed E-state index contributed by atoms with van der Waals surface area (Å²) < 4.78 is 11.8. The summed E-state index contributed by atoms with van der Waals surface area (Å²) in [7, 11) is 0. The predicted octanol–water partition coefficient (Wildman–Crippen LogP) is 5.64. The molecule has 1 aromatic heterocycles. The fourth-order valence-electron chi connectivity index (χ4n) is 3.12. The molecule has 0 radical (unpaired) electrons. The van der Waals surface area contributed by atoms with Crippen LogP contribution in [0, 0.1) is 6.92 Å². The van der Waals surface area contributed by atoms with Gasteiger partial charge in [-0.05, 0) is 61.0 Å². The molecule has 29 heavy (non-hydrogen) atoms. The summed E-state index contributed by atoms with van der Waals surface area (Å²) in [6, 6.07) is 18.9. The van der Waals surface area contributed by atoms with Crippen LogP contribution in [0.3, 0.4) is 0 Å². The van der Waals surface area contributed by atoms with E-state index < -0.39 is 0 Å². The molecule has 3 aromatic carbocycles. The first kappa shape index (κ1) is 17.5. The van der Waals surface area contributed by atoms with Crippen molar-refractivity contribution in [3.8, 4) is 22.1 Å². The summed E-state index contributed by atoms with van der Waals surface area (Å²) in [4.78, 5) is 17.0. The highest BCUT2D eigenvalue weighted by molar-refractivity contribution is 7.21. The fourth-order valence-corrected chi connectivity index (χ4v) is 4.19. The number of nitrogens with one attached hydrogen (secondary N) is 2. The summed E-state index contributed by atoms with van der Waals surface area (Å²) in [5.74, 6) is 1.30. The van der Waals surface area contributed by atoms with E-state index in [1.165, 1.54) is 10.3 Å². The van der Waals surface area contributed by atoms with Gasteiger partial charge in [-0.1, -0.05) is 6.07 Å². The summed E-state index contributed by atoms with van der Waals surface area (Å²) in [6.45, 7) is 2.28. The van der Waals surface area contributed by atoms with Crippen LogP contribution in [-0.2, 0) is 0 Å². The topological polar surface area (TPSA) is 72.5 Å². The molecule has 6 nitrogen and oxygen atoms in total. The lowest BCUT2D eigenvalue weighted by Crippen LogP contribution is -2.19. The number of amides is 2. The zero-order valence-electron chi connectivity index (χ0n) is 15.6. The van der Waals surface area contributed by atoms with Crippen LogP contribution >= 0.6 is 11.3 Å². The number of fused-ring (bicyclic) bond motifs is 2. The van der Waals surface area contributed by atoms with E-state index in [0.717, 1.165) is 16.1 Å². The quantitative estimate of drug-likeness (QED) is 0.464. The molecule has 4 aromatic rings. The Morgan fingerprint density at radius 2 is 1.69 bits per heavy atom. The molecule has 0 spiro atoms. The molecule has 0 bridgehead atoms.